The number of halogens is 1. The predicted molar refractivity (Wildman–Crippen MR) is 82.7 cm³/mol. The standard InChI is InChI=1S/C14H18N4O.ClH/c1-9(2)13(15)14(19)17-11-5-3-10(4-6-11)12-7-8-16-18-12;/h3-9,13H,15H2,1-2H3,(H,16,18)(H,17,19);1H/t13-;/m1./s1. The molecule has 0 bridgehead atoms. The van der Waals surface area contributed by atoms with Crippen LogP contribution in [0.1, 0.15) is 13.8 Å². The molecule has 1 aromatic carbocycles. The summed E-state index contributed by atoms with van der Waals surface area (Å²) in [7, 11) is 0. The lowest BCUT2D eigenvalue weighted by Crippen LogP contribution is -2.39. The number of benzene rings is 1. The van der Waals surface area contributed by atoms with E-state index in [1.165, 1.54) is 0 Å². The summed E-state index contributed by atoms with van der Waals surface area (Å²) in [6, 6.07) is 8.94. The van der Waals surface area contributed by atoms with E-state index in [0.717, 1.165) is 16.9 Å². The predicted octanol–water partition coefficient (Wildman–Crippen LogP) is 2.42. The second-order valence-electron chi connectivity index (χ2n) is 4.81. The summed E-state index contributed by atoms with van der Waals surface area (Å²) >= 11 is 0. The van der Waals surface area contributed by atoms with Gasteiger partial charge in [0.2, 0.25) is 5.91 Å². The fraction of sp³-hybridized carbons (Fsp3) is 0.286. The highest BCUT2D eigenvalue weighted by atomic mass is 35.5. The Kier molecular flexibility index (Phi) is 5.73. The minimum absolute atomic E-state index is 0. The molecule has 0 aliphatic heterocycles. The first kappa shape index (κ1) is 16.2. The molecule has 1 atom stereocenters. The zero-order chi connectivity index (χ0) is 13.8. The smallest absolute Gasteiger partial charge is 0.241 e. The molecule has 0 aliphatic rings. The molecule has 20 heavy (non-hydrogen) atoms. The number of anilines is 1. The van der Waals surface area contributed by atoms with E-state index in [-0.39, 0.29) is 24.2 Å². The molecule has 4 N–H and O–H groups in total. The fourth-order valence-corrected chi connectivity index (χ4v) is 1.68. The summed E-state index contributed by atoms with van der Waals surface area (Å²) in [4.78, 5) is 11.8. The molecule has 0 saturated carbocycles. The lowest BCUT2D eigenvalue weighted by Gasteiger charge is -2.15. The number of carbonyl (C=O) groups excluding carboxylic acids is 1. The minimum atomic E-state index is -0.493. The molecule has 0 radical (unpaired) electrons. The van der Waals surface area contributed by atoms with Gasteiger partial charge in [-0.3, -0.25) is 9.89 Å². The Labute approximate surface area is 124 Å². The summed E-state index contributed by atoms with van der Waals surface area (Å²) in [5, 5.41) is 9.60. The zero-order valence-electron chi connectivity index (χ0n) is 11.5. The van der Waals surface area contributed by atoms with Crippen LogP contribution < -0.4 is 11.1 Å². The third kappa shape index (κ3) is 3.82. The van der Waals surface area contributed by atoms with Gasteiger partial charge >= 0.3 is 0 Å². The molecular formula is C14H19ClN4O. The first-order valence-electron chi connectivity index (χ1n) is 6.24. The van der Waals surface area contributed by atoms with Gasteiger partial charge in [-0.25, -0.2) is 0 Å². The summed E-state index contributed by atoms with van der Waals surface area (Å²) in [5.41, 5.74) is 8.49. The number of hydrogen-bond donors (Lipinski definition) is 3. The number of nitrogens with two attached hydrogens (primary N) is 1. The lowest BCUT2D eigenvalue weighted by molar-refractivity contribution is -0.118. The van der Waals surface area contributed by atoms with Gasteiger partial charge in [-0.1, -0.05) is 26.0 Å². The molecule has 1 amide bonds. The number of rotatable bonds is 4. The lowest BCUT2D eigenvalue weighted by atomic mass is 10.0. The zero-order valence-corrected chi connectivity index (χ0v) is 12.3. The van der Waals surface area contributed by atoms with Gasteiger partial charge in [0.15, 0.2) is 0 Å². The van der Waals surface area contributed by atoms with Crippen molar-refractivity contribution in [3.05, 3.63) is 36.5 Å². The van der Waals surface area contributed by atoms with Gasteiger partial charge in [0.1, 0.15) is 0 Å². The minimum Gasteiger partial charge on any atom is -0.325 e. The Bertz CT molecular complexity index is 537. The molecular weight excluding hydrogens is 276 g/mol. The van der Waals surface area contributed by atoms with Crippen LogP contribution in [0.25, 0.3) is 11.3 Å². The summed E-state index contributed by atoms with van der Waals surface area (Å²) < 4.78 is 0. The maximum atomic E-state index is 11.8. The number of amides is 1. The van der Waals surface area contributed by atoms with Crippen LogP contribution in [0, 0.1) is 5.92 Å². The third-order valence-electron chi connectivity index (χ3n) is 2.99. The first-order valence-corrected chi connectivity index (χ1v) is 6.24. The largest absolute Gasteiger partial charge is 0.325 e. The van der Waals surface area contributed by atoms with Crippen LogP contribution in [0.4, 0.5) is 5.69 Å². The molecule has 108 valence electrons. The van der Waals surface area contributed by atoms with Gasteiger partial charge in [0.05, 0.1) is 11.7 Å². The number of aromatic amines is 1. The van der Waals surface area contributed by atoms with E-state index in [1.54, 1.807) is 6.20 Å². The molecule has 0 saturated heterocycles. The highest BCUT2D eigenvalue weighted by molar-refractivity contribution is 5.95. The van der Waals surface area contributed by atoms with Gasteiger partial charge in [-0.05, 0) is 29.7 Å². The molecule has 5 nitrogen and oxygen atoms in total. The van der Waals surface area contributed by atoms with Gasteiger partial charge in [-0.2, -0.15) is 5.10 Å². The van der Waals surface area contributed by atoms with Crippen LogP contribution in [0.5, 0.6) is 0 Å². The van der Waals surface area contributed by atoms with Crippen molar-refractivity contribution in [2.45, 2.75) is 19.9 Å². The molecule has 6 heteroatoms. The quantitative estimate of drug-likeness (QED) is 0.809. The molecule has 0 spiro atoms. The van der Waals surface area contributed by atoms with Crippen LogP contribution in [-0.2, 0) is 4.79 Å². The number of hydrogen-bond acceptors (Lipinski definition) is 3. The molecule has 1 heterocycles. The van der Waals surface area contributed by atoms with E-state index in [2.05, 4.69) is 15.5 Å². The highest BCUT2D eigenvalue weighted by Crippen LogP contribution is 2.19. The summed E-state index contributed by atoms with van der Waals surface area (Å²) in [6.45, 7) is 3.84. The van der Waals surface area contributed by atoms with Crippen LogP contribution in [0.15, 0.2) is 36.5 Å². The second-order valence-corrected chi connectivity index (χ2v) is 4.81. The molecule has 0 fully saturated rings. The Hall–Kier alpha value is -1.85. The number of nitrogens with zero attached hydrogens (tertiary/aromatic N) is 1. The monoisotopic (exact) mass is 294 g/mol. The average Bonchev–Trinajstić information content (AvgIpc) is 2.92. The van der Waals surface area contributed by atoms with Gasteiger partial charge in [0, 0.05) is 11.9 Å². The second kappa shape index (κ2) is 7.07. The van der Waals surface area contributed by atoms with E-state index in [9.17, 15) is 4.79 Å². The van der Waals surface area contributed by atoms with Crippen molar-refractivity contribution < 1.29 is 4.79 Å². The number of aromatic nitrogens is 2. The van der Waals surface area contributed by atoms with E-state index >= 15 is 0 Å². The normalized spacial score (nSPS) is 11.8. The molecule has 2 rings (SSSR count). The Morgan fingerprint density at radius 2 is 1.90 bits per heavy atom. The van der Waals surface area contributed by atoms with E-state index in [1.807, 2.05) is 44.2 Å². The van der Waals surface area contributed by atoms with Crippen molar-refractivity contribution in [3.8, 4) is 11.3 Å². The maximum Gasteiger partial charge on any atom is 0.241 e. The number of H-pyrrole nitrogens is 1. The molecule has 1 aromatic heterocycles. The van der Waals surface area contributed by atoms with Gasteiger partial charge in [-0.15, -0.1) is 12.4 Å². The van der Waals surface area contributed by atoms with Crippen molar-refractivity contribution in [2.75, 3.05) is 5.32 Å². The van der Waals surface area contributed by atoms with E-state index in [0.29, 0.717) is 0 Å². The summed E-state index contributed by atoms with van der Waals surface area (Å²) in [6.07, 6.45) is 1.70. The average molecular weight is 295 g/mol. The molecule has 0 unspecified atom stereocenters. The van der Waals surface area contributed by atoms with E-state index < -0.39 is 6.04 Å². The Balaban J connectivity index is 0.00000200. The van der Waals surface area contributed by atoms with Crippen molar-refractivity contribution >= 4 is 24.0 Å². The van der Waals surface area contributed by atoms with Crippen LogP contribution in [0.2, 0.25) is 0 Å². The van der Waals surface area contributed by atoms with Crippen molar-refractivity contribution in [2.24, 2.45) is 11.7 Å². The fourth-order valence-electron chi connectivity index (χ4n) is 1.68. The number of nitrogens with one attached hydrogen (secondary N) is 2. The van der Waals surface area contributed by atoms with E-state index in [4.69, 9.17) is 5.73 Å². The van der Waals surface area contributed by atoms with Gasteiger partial charge in [0.25, 0.3) is 0 Å². The molecule has 2 aromatic rings. The third-order valence-corrected chi connectivity index (χ3v) is 2.99. The topological polar surface area (TPSA) is 83.8 Å². The Morgan fingerprint density at radius 3 is 2.40 bits per heavy atom. The van der Waals surface area contributed by atoms with Crippen molar-refractivity contribution in [1.82, 2.24) is 10.2 Å². The van der Waals surface area contributed by atoms with Crippen LogP contribution in [0.3, 0.4) is 0 Å². The van der Waals surface area contributed by atoms with Crippen molar-refractivity contribution in [3.63, 3.8) is 0 Å². The SMILES string of the molecule is CC(C)[C@@H](N)C(=O)Nc1ccc(-c2ccn[nH]2)cc1.Cl. The highest BCUT2D eigenvalue weighted by Gasteiger charge is 2.16. The number of carbonyl (C=O) groups is 1. The van der Waals surface area contributed by atoms with Crippen LogP contribution >= 0.6 is 12.4 Å². The van der Waals surface area contributed by atoms with Crippen molar-refractivity contribution in [1.29, 1.82) is 0 Å². The van der Waals surface area contributed by atoms with Crippen LogP contribution in [-0.4, -0.2) is 22.1 Å². The molecule has 0 aliphatic carbocycles. The Morgan fingerprint density at radius 1 is 1.25 bits per heavy atom. The first-order chi connectivity index (χ1) is 9.08. The summed E-state index contributed by atoms with van der Waals surface area (Å²) in [5.74, 6) is -0.0476. The van der Waals surface area contributed by atoms with Gasteiger partial charge < -0.3 is 11.1 Å². The maximum absolute atomic E-state index is 11.8.